The van der Waals surface area contributed by atoms with Gasteiger partial charge in [0.2, 0.25) is 5.95 Å². The average molecular weight is 346 g/mol. The van der Waals surface area contributed by atoms with E-state index in [9.17, 15) is 9.18 Å². The van der Waals surface area contributed by atoms with E-state index in [-0.39, 0.29) is 10.9 Å². The molecule has 0 aliphatic rings. The van der Waals surface area contributed by atoms with Gasteiger partial charge >= 0.3 is 0 Å². The number of fused-ring (bicyclic) bond motifs is 1. The minimum Gasteiger partial charge on any atom is -0.325 e. The summed E-state index contributed by atoms with van der Waals surface area (Å²) in [4.78, 5) is 21.8. The van der Waals surface area contributed by atoms with Crippen LogP contribution in [-0.2, 0) is 0 Å². The number of nitrogens with one attached hydrogen (secondary N) is 1. The van der Waals surface area contributed by atoms with Gasteiger partial charge in [0.1, 0.15) is 5.82 Å². The van der Waals surface area contributed by atoms with Crippen molar-refractivity contribution in [3.63, 3.8) is 0 Å². The highest BCUT2D eigenvalue weighted by molar-refractivity contribution is 5.80. The Bertz CT molecular complexity index is 1140. The highest BCUT2D eigenvalue weighted by Gasteiger charge is 2.14. The van der Waals surface area contributed by atoms with E-state index in [1.165, 1.54) is 22.8 Å². The zero-order valence-corrected chi connectivity index (χ0v) is 14.0. The summed E-state index contributed by atoms with van der Waals surface area (Å²) >= 11 is 0. The van der Waals surface area contributed by atoms with E-state index in [1.807, 2.05) is 43.3 Å². The minimum absolute atomic E-state index is 0.212. The average Bonchev–Trinajstić information content (AvgIpc) is 2.65. The van der Waals surface area contributed by atoms with Crippen molar-refractivity contribution in [1.29, 1.82) is 0 Å². The van der Waals surface area contributed by atoms with Crippen LogP contribution < -0.4 is 10.9 Å². The number of rotatable bonds is 3. The summed E-state index contributed by atoms with van der Waals surface area (Å²) in [7, 11) is 0. The van der Waals surface area contributed by atoms with E-state index in [1.54, 1.807) is 12.3 Å². The van der Waals surface area contributed by atoms with Crippen molar-refractivity contribution < 1.29 is 4.39 Å². The number of benzene rings is 2. The van der Waals surface area contributed by atoms with Gasteiger partial charge in [-0.05, 0) is 49.4 Å². The van der Waals surface area contributed by atoms with E-state index >= 15 is 0 Å². The molecule has 0 aliphatic carbocycles. The highest BCUT2D eigenvalue weighted by Crippen LogP contribution is 2.20. The molecule has 0 amide bonds. The molecule has 26 heavy (non-hydrogen) atoms. The first-order chi connectivity index (χ1) is 12.6. The first-order valence-corrected chi connectivity index (χ1v) is 8.09. The van der Waals surface area contributed by atoms with Crippen LogP contribution in [0.25, 0.3) is 16.6 Å². The predicted octanol–water partition coefficient (Wildman–Crippen LogP) is 3.97. The number of aromatic nitrogens is 3. The van der Waals surface area contributed by atoms with Crippen LogP contribution in [0.1, 0.15) is 5.69 Å². The van der Waals surface area contributed by atoms with Crippen molar-refractivity contribution in [2.75, 3.05) is 5.32 Å². The second-order valence-corrected chi connectivity index (χ2v) is 5.89. The number of anilines is 2. The van der Waals surface area contributed by atoms with Crippen LogP contribution >= 0.6 is 0 Å². The second kappa shape index (κ2) is 6.40. The van der Waals surface area contributed by atoms with Crippen molar-refractivity contribution in [3.05, 3.63) is 88.7 Å². The van der Waals surface area contributed by atoms with Gasteiger partial charge in [-0.2, -0.15) is 0 Å². The van der Waals surface area contributed by atoms with Crippen LogP contribution in [0.2, 0.25) is 0 Å². The fourth-order valence-corrected chi connectivity index (χ4v) is 2.72. The lowest BCUT2D eigenvalue weighted by Crippen LogP contribution is -2.23. The number of hydrogen-bond acceptors (Lipinski definition) is 4. The van der Waals surface area contributed by atoms with Crippen LogP contribution in [-0.4, -0.2) is 14.5 Å². The van der Waals surface area contributed by atoms with Crippen molar-refractivity contribution in [1.82, 2.24) is 14.5 Å². The number of para-hydroxylation sites is 1. The topological polar surface area (TPSA) is 59.8 Å². The molecule has 128 valence electrons. The molecular weight excluding hydrogens is 331 g/mol. The minimum atomic E-state index is -0.478. The normalized spacial score (nSPS) is 10.8. The first kappa shape index (κ1) is 16.0. The fourth-order valence-electron chi connectivity index (χ4n) is 2.72. The molecule has 0 bridgehead atoms. The number of halogens is 1. The molecule has 2 aromatic carbocycles. The molecule has 0 atom stereocenters. The summed E-state index contributed by atoms with van der Waals surface area (Å²) in [6, 6.07) is 17.0. The van der Waals surface area contributed by atoms with Gasteiger partial charge in [0.05, 0.1) is 22.8 Å². The second-order valence-electron chi connectivity index (χ2n) is 5.89. The smallest absolute Gasteiger partial charge is 0.267 e. The molecule has 0 spiro atoms. The molecule has 5 nitrogen and oxygen atoms in total. The molecule has 0 saturated carbocycles. The van der Waals surface area contributed by atoms with Gasteiger partial charge in [0.25, 0.3) is 5.56 Å². The van der Waals surface area contributed by atoms with E-state index in [0.29, 0.717) is 17.2 Å². The summed E-state index contributed by atoms with van der Waals surface area (Å²) < 4.78 is 15.1. The SMILES string of the molecule is Cc1ccc(-n2c(Nc3ccccc3)nc3ccc(F)cc3c2=O)cn1. The molecule has 0 unspecified atom stereocenters. The molecule has 4 aromatic rings. The van der Waals surface area contributed by atoms with E-state index in [0.717, 1.165) is 11.4 Å². The lowest BCUT2D eigenvalue weighted by molar-refractivity contribution is 0.629. The molecule has 6 heteroatoms. The number of aryl methyl sites for hydroxylation is 1. The summed E-state index contributed by atoms with van der Waals surface area (Å²) in [5.74, 6) is -0.139. The van der Waals surface area contributed by atoms with Gasteiger partial charge in [-0.1, -0.05) is 18.2 Å². The fraction of sp³-hybridized carbons (Fsp3) is 0.0500. The Hall–Kier alpha value is -3.54. The zero-order chi connectivity index (χ0) is 18.1. The maximum absolute atomic E-state index is 13.6. The number of pyridine rings is 1. The third-order valence-corrected chi connectivity index (χ3v) is 4.01. The van der Waals surface area contributed by atoms with E-state index in [4.69, 9.17) is 0 Å². The van der Waals surface area contributed by atoms with Crippen molar-refractivity contribution >= 4 is 22.5 Å². The Morgan fingerprint density at radius 2 is 1.85 bits per heavy atom. The molecule has 0 radical (unpaired) electrons. The van der Waals surface area contributed by atoms with Gasteiger partial charge in [0, 0.05) is 11.4 Å². The van der Waals surface area contributed by atoms with Gasteiger partial charge in [-0.15, -0.1) is 0 Å². The third kappa shape index (κ3) is 2.93. The summed E-state index contributed by atoms with van der Waals surface area (Å²) in [6.07, 6.45) is 1.60. The van der Waals surface area contributed by atoms with Gasteiger partial charge in [-0.3, -0.25) is 9.78 Å². The lowest BCUT2D eigenvalue weighted by Gasteiger charge is -2.15. The number of hydrogen-bond donors (Lipinski definition) is 1. The maximum Gasteiger partial charge on any atom is 0.267 e. The largest absolute Gasteiger partial charge is 0.325 e. The highest BCUT2D eigenvalue weighted by atomic mass is 19.1. The Balaban J connectivity index is 1.98. The van der Waals surface area contributed by atoms with Gasteiger partial charge < -0.3 is 5.32 Å². The summed E-state index contributed by atoms with van der Waals surface area (Å²) in [5, 5.41) is 3.38. The molecule has 1 N–H and O–H groups in total. The summed E-state index contributed by atoms with van der Waals surface area (Å²) in [6.45, 7) is 1.86. The van der Waals surface area contributed by atoms with E-state index in [2.05, 4.69) is 15.3 Å². The van der Waals surface area contributed by atoms with Crippen LogP contribution in [0.4, 0.5) is 16.0 Å². The number of nitrogens with zero attached hydrogens (tertiary/aromatic N) is 3. The Morgan fingerprint density at radius 3 is 2.58 bits per heavy atom. The van der Waals surface area contributed by atoms with Crippen molar-refractivity contribution in [3.8, 4) is 5.69 Å². The zero-order valence-electron chi connectivity index (χ0n) is 14.0. The van der Waals surface area contributed by atoms with Crippen molar-refractivity contribution in [2.24, 2.45) is 0 Å². The van der Waals surface area contributed by atoms with Gasteiger partial charge in [-0.25, -0.2) is 13.9 Å². The van der Waals surface area contributed by atoms with Crippen LogP contribution in [0.5, 0.6) is 0 Å². The van der Waals surface area contributed by atoms with Crippen LogP contribution in [0.3, 0.4) is 0 Å². The molecule has 0 aliphatic heterocycles. The van der Waals surface area contributed by atoms with Gasteiger partial charge in [0.15, 0.2) is 0 Å². The predicted molar refractivity (Wildman–Crippen MR) is 99.6 cm³/mol. The van der Waals surface area contributed by atoms with Crippen LogP contribution in [0, 0.1) is 12.7 Å². The Morgan fingerprint density at radius 1 is 1.04 bits per heavy atom. The summed E-state index contributed by atoms with van der Waals surface area (Å²) in [5.41, 5.74) is 2.23. The van der Waals surface area contributed by atoms with Crippen LogP contribution in [0.15, 0.2) is 71.7 Å². The third-order valence-electron chi connectivity index (χ3n) is 4.01. The molecule has 0 fully saturated rings. The first-order valence-electron chi connectivity index (χ1n) is 8.09. The Labute approximate surface area is 148 Å². The molecule has 4 rings (SSSR count). The standard InChI is InChI=1S/C20H15FN4O/c1-13-7-9-16(12-22-13)25-19(26)17-11-14(21)8-10-18(17)24-20(25)23-15-5-3-2-4-6-15/h2-12H,1H3,(H,23,24). The molecule has 2 aromatic heterocycles. The monoisotopic (exact) mass is 346 g/mol. The molecule has 2 heterocycles. The maximum atomic E-state index is 13.6. The quantitative estimate of drug-likeness (QED) is 0.610. The lowest BCUT2D eigenvalue weighted by atomic mass is 10.2. The van der Waals surface area contributed by atoms with E-state index < -0.39 is 5.82 Å². The molecule has 0 saturated heterocycles. The Kier molecular flexibility index (Phi) is 3.93. The molecular formula is C20H15FN4O. The van der Waals surface area contributed by atoms with Crippen molar-refractivity contribution in [2.45, 2.75) is 6.92 Å².